The third-order valence-electron chi connectivity index (χ3n) is 6.57. The first-order chi connectivity index (χ1) is 17.4. The maximum atomic E-state index is 14.1. The molecule has 2 nitrogen and oxygen atoms in total. The van der Waals surface area contributed by atoms with Crippen molar-refractivity contribution in [3.8, 4) is 0 Å². The molecule has 1 aliphatic heterocycles. The van der Waals surface area contributed by atoms with E-state index in [1.54, 1.807) is 6.07 Å². The van der Waals surface area contributed by atoms with Crippen molar-refractivity contribution in [1.82, 2.24) is 0 Å². The van der Waals surface area contributed by atoms with Gasteiger partial charge in [0, 0.05) is 53.1 Å². The Morgan fingerprint density at radius 1 is 1.03 bits per heavy atom. The second-order valence-corrected chi connectivity index (χ2v) is 10.1. The SMILES string of the molecule is C=C(c1c(Cl)cccc1NCC)C(C1=CCN(CCCC)c2cccc(Cl)c21)c1ccc(F)cc1Cl. The summed E-state index contributed by atoms with van der Waals surface area (Å²) in [6.07, 6.45) is 4.39. The van der Waals surface area contributed by atoms with Gasteiger partial charge in [-0.2, -0.15) is 0 Å². The standard InChI is InChI=1S/C30H30Cl3FN2/c1-4-6-16-36-17-15-22(30-24(32)10-8-12-27(30)36)28(21-14-13-20(34)18-25(21)33)19(3)29-23(31)9-7-11-26(29)35-5-2/h7-15,18,28,35H,3-6,16-17H2,1-2H3. The lowest BCUT2D eigenvalue weighted by atomic mass is 9.77. The highest BCUT2D eigenvalue weighted by atomic mass is 35.5. The molecule has 0 amide bonds. The fourth-order valence-electron chi connectivity index (χ4n) is 4.91. The van der Waals surface area contributed by atoms with Gasteiger partial charge in [-0.25, -0.2) is 4.39 Å². The molecule has 0 fully saturated rings. The molecule has 36 heavy (non-hydrogen) atoms. The molecular weight excluding hydrogens is 514 g/mol. The molecule has 0 aromatic heterocycles. The molecule has 1 N–H and O–H groups in total. The quantitative estimate of drug-likeness (QED) is 0.289. The van der Waals surface area contributed by atoms with Gasteiger partial charge in [0.25, 0.3) is 0 Å². The molecule has 1 aliphatic rings. The van der Waals surface area contributed by atoms with E-state index in [0.29, 0.717) is 15.1 Å². The number of unbranched alkanes of at least 4 members (excludes halogenated alkanes) is 1. The average Bonchev–Trinajstić information content (AvgIpc) is 2.85. The summed E-state index contributed by atoms with van der Waals surface area (Å²) < 4.78 is 14.1. The normalized spacial score (nSPS) is 13.7. The van der Waals surface area contributed by atoms with E-state index in [2.05, 4.69) is 35.9 Å². The third-order valence-corrected chi connectivity index (χ3v) is 7.53. The van der Waals surface area contributed by atoms with Crippen LogP contribution in [0.4, 0.5) is 15.8 Å². The molecule has 0 radical (unpaired) electrons. The fourth-order valence-corrected chi connectivity index (χ4v) is 5.76. The molecule has 188 valence electrons. The summed E-state index contributed by atoms with van der Waals surface area (Å²) >= 11 is 20.3. The van der Waals surface area contributed by atoms with Crippen LogP contribution in [0.5, 0.6) is 0 Å². The van der Waals surface area contributed by atoms with E-state index in [0.717, 1.165) is 71.7 Å². The molecule has 4 rings (SSSR count). The highest BCUT2D eigenvalue weighted by Gasteiger charge is 2.32. The van der Waals surface area contributed by atoms with Crippen molar-refractivity contribution >= 4 is 57.3 Å². The van der Waals surface area contributed by atoms with Crippen LogP contribution in [0.3, 0.4) is 0 Å². The van der Waals surface area contributed by atoms with Crippen molar-refractivity contribution in [1.29, 1.82) is 0 Å². The second kappa shape index (κ2) is 11.7. The number of hydrogen-bond acceptors (Lipinski definition) is 2. The van der Waals surface area contributed by atoms with Crippen LogP contribution in [-0.2, 0) is 0 Å². The van der Waals surface area contributed by atoms with Gasteiger partial charge in [0.1, 0.15) is 5.82 Å². The lowest BCUT2D eigenvalue weighted by Crippen LogP contribution is -2.29. The Morgan fingerprint density at radius 2 is 1.78 bits per heavy atom. The molecule has 0 saturated carbocycles. The Morgan fingerprint density at radius 3 is 2.50 bits per heavy atom. The second-order valence-electron chi connectivity index (χ2n) is 8.91. The van der Waals surface area contributed by atoms with Gasteiger partial charge in [0.15, 0.2) is 0 Å². The van der Waals surface area contributed by atoms with Crippen LogP contribution in [0, 0.1) is 5.82 Å². The zero-order valence-electron chi connectivity index (χ0n) is 20.6. The summed E-state index contributed by atoms with van der Waals surface area (Å²) in [5.41, 5.74) is 6.24. The lowest BCUT2D eigenvalue weighted by Gasteiger charge is -2.35. The Bertz CT molecular complexity index is 1300. The van der Waals surface area contributed by atoms with Crippen LogP contribution in [0.25, 0.3) is 11.1 Å². The zero-order valence-corrected chi connectivity index (χ0v) is 22.8. The molecule has 0 aliphatic carbocycles. The molecular formula is C30H30Cl3FN2. The summed E-state index contributed by atoms with van der Waals surface area (Å²) in [5.74, 6) is -0.775. The van der Waals surface area contributed by atoms with Crippen LogP contribution in [0.15, 0.2) is 67.3 Å². The van der Waals surface area contributed by atoms with Crippen molar-refractivity contribution in [2.24, 2.45) is 0 Å². The first kappa shape index (κ1) is 26.6. The monoisotopic (exact) mass is 542 g/mol. The lowest BCUT2D eigenvalue weighted by molar-refractivity contribution is 0.627. The summed E-state index contributed by atoms with van der Waals surface area (Å²) in [6, 6.07) is 16.3. The van der Waals surface area contributed by atoms with Crippen molar-refractivity contribution < 1.29 is 4.39 Å². The third kappa shape index (κ3) is 5.29. The molecule has 0 spiro atoms. The van der Waals surface area contributed by atoms with Gasteiger partial charge in [0.2, 0.25) is 0 Å². The number of allylic oxidation sites excluding steroid dienone is 2. The van der Waals surface area contributed by atoms with Crippen molar-refractivity contribution in [2.45, 2.75) is 32.6 Å². The minimum absolute atomic E-state index is 0.334. The van der Waals surface area contributed by atoms with E-state index in [-0.39, 0.29) is 11.7 Å². The topological polar surface area (TPSA) is 15.3 Å². The first-order valence-electron chi connectivity index (χ1n) is 12.3. The fraction of sp³-hybridized carbons (Fsp3) is 0.267. The summed E-state index contributed by atoms with van der Waals surface area (Å²) in [4.78, 5) is 2.35. The average molecular weight is 544 g/mol. The zero-order chi connectivity index (χ0) is 25.8. The van der Waals surface area contributed by atoms with Crippen LogP contribution in [0.2, 0.25) is 15.1 Å². The number of hydrogen-bond donors (Lipinski definition) is 1. The van der Waals surface area contributed by atoms with Crippen molar-refractivity contribution in [3.63, 3.8) is 0 Å². The van der Waals surface area contributed by atoms with Crippen LogP contribution >= 0.6 is 34.8 Å². The predicted molar refractivity (Wildman–Crippen MR) is 155 cm³/mol. The number of benzene rings is 3. The van der Waals surface area contributed by atoms with Gasteiger partial charge in [-0.1, -0.05) is 79.0 Å². The minimum atomic E-state index is -0.388. The van der Waals surface area contributed by atoms with Crippen LogP contribution < -0.4 is 10.2 Å². The van der Waals surface area contributed by atoms with E-state index in [1.165, 1.54) is 12.1 Å². The summed E-state index contributed by atoms with van der Waals surface area (Å²) in [7, 11) is 0. The van der Waals surface area contributed by atoms with Crippen LogP contribution in [-0.4, -0.2) is 19.6 Å². The van der Waals surface area contributed by atoms with E-state index in [9.17, 15) is 4.39 Å². The van der Waals surface area contributed by atoms with Gasteiger partial charge in [-0.15, -0.1) is 0 Å². The van der Waals surface area contributed by atoms with Gasteiger partial charge in [-0.05, 0) is 66.5 Å². The maximum Gasteiger partial charge on any atom is 0.124 e. The number of anilines is 2. The highest BCUT2D eigenvalue weighted by Crippen LogP contribution is 2.51. The van der Waals surface area contributed by atoms with E-state index in [1.807, 2.05) is 37.3 Å². The number of nitrogens with zero attached hydrogens (tertiary/aromatic N) is 1. The highest BCUT2D eigenvalue weighted by molar-refractivity contribution is 6.34. The molecule has 0 bridgehead atoms. The Kier molecular flexibility index (Phi) is 8.66. The van der Waals surface area contributed by atoms with Gasteiger partial charge in [0.05, 0.1) is 10.0 Å². The summed E-state index contributed by atoms with van der Waals surface area (Å²) in [6.45, 7) is 11.2. The van der Waals surface area contributed by atoms with E-state index in [4.69, 9.17) is 34.8 Å². The number of nitrogens with one attached hydrogen (secondary N) is 1. The van der Waals surface area contributed by atoms with Gasteiger partial charge >= 0.3 is 0 Å². The molecule has 1 heterocycles. The van der Waals surface area contributed by atoms with Gasteiger partial charge < -0.3 is 10.2 Å². The molecule has 1 unspecified atom stereocenters. The molecule has 0 saturated heterocycles. The molecule has 3 aromatic rings. The minimum Gasteiger partial charge on any atom is -0.385 e. The first-order valence-corrected chi connectivity index (χ1v) is 13.4. The smallest absolute Gasteiger partial charge is 0.124 e. The van der Waals surface area contributed by atoms with E-state index < -0.39 is 0 Å². The summed E-state index contributed by atoms with van der Waals surface area (Å²) in [5, 5.41) is 4.97. The maximum absolute atomic E-state index is 14.1. The van der Waals surface area contributed by atoms with Gasteiger partial charge in [-0.3, -0.25) is 0 Å². The molecule has 3 aromatic carbocycles. The number of fused-ring (bicyclic) bond motifs is 1. The van der Waals surface area contributed by atoms with Crippen molar-refractivity contribution in [2.75, 3.05) is 29.9 Å². The number of rotatable bonds is 9. The number of halogens is 4. The van der Waals surface area contributed by atoms with E-state index >= 15 is 0 Å². The largest absolute Gasteiger partial charge is 0.385 e. The Balaban J connectivity index is 1.93. The Labute approximate surface area is 228 Å². The Hall–Kier alpha value is -2.46. The predicted octanol–water partition coefficient (Wildman–Crippen LogP) is 9.72. The van der Waals surface area contributed by atoms with Crippen molar-refractivity contribution in [3.05, 3.63) is 105 Å². The van der Waals surface area contributed by atoms with Crippen LogP contribution in [0.1, 0.15) is 49.3 Å². The molecule has 6 heteroatoms. The molecule has 1 atom stereocenters.